The second-order valence-electron chi connectivity index (χ2n) is 9.91. The summed E-state index contributed by atoms with van der Waals surface area (Å²) in [6, 6.07) is 8.57. The zero-order valence-electron chi connectivity index (χ0n) is 22.3. The maximum absolute atomic E-state index is 13.0. The van der Waals surface area contributed by atoms with Gasteiger partial charge in [-0.2, -0.15) is 0 Å². The normalized spacial score (nSPS) is 14.2. The Labute approximate surface area is 231 Å². The lowest BCUT2D eigenvalue weighted by Gasteiger charge is -2.26. The van der Waals surface area contributed by atoms with Gasteiger partial charge in [0.05, 0.1) is 12.6 Å². The number of benzene rings is 2. The van der Waals surface area contributed by atoms with Crippen molar-refractivity contribution in [3.05, 3.63) is 65.9 Å². The molecule has 9 N–H and O–H groups in total. The number of aromatic nitrogens is 1. The summed E-state index contributed by atoms with van der Waals surface area (Å²) < 4.78 is 0. The van der Waals surface area contributed by atoms with E-state index >= 15 is 0 Å². The summed E-state index contributed by atoms with van der Waals surface area (Å²) in [7, 11) is 0. The Bertz CT molecular complexity index is 1340. The molecule has 0 aliphatic rings. The molecule has 0 fully saturated rings. The van der Waals surface area contributed by atoms with Crippen LogP contribution in [0.5, 0.6) is 5.75 Å². The number of phenolic OH excluding ortho intramolecular Hbond substituents is 1. The van der Waals surface area contributed by atoms with E-state index in [-0.39, 0.29) is 18.6 Å². The molecule has 0 bridgehead atoms. The van der Waals surface area contributed by atoms with Crippen molar-refractivity contribution in [1.82, 2.24) is 20.9 Å². The van der Waals surface area contributed by atoms with Gasteiger partial charge in [0, 0.05) is 23.5 Å². The van der Waals surface area contributed by atoms with Crippen LogP contribution < -0.4 is 21.7 Å². The van der Waals surface area contributed by atoms with Crippen LogP contribution in [0.3, 0.4) is 0 Å². The van der Waals surface area contributed by atoms with E-state index in [2.05, 4.69) is 20.9 Å². The average Bonchev–Trinajstić information content (AvgIpc) is 3.33. The Morgan fingerprint density at radius 1 is 0.875 bits per heavy atom. The molecule has 0 radical (unpaired) electrons. The van der Waals surface area contributed by atoms with Crippen LogP contribution in [-0.4, -0.2) is 74.8 Å². The van der Waals surface area contributed by atoms with Crippen molar-refractivity contribution >= 4 is 34.6 Å². The van der Waals surface area contributed by atoms with E-state index in [4.69, 9.17) is 5.73 Å². The Morgan fingerprint density at radius 2 is 1.52 bits per heavy atom. The quantitative estimate of drug-likeness (QED) is 0.146. The number of carboxylic acid groups (broad SMARTS) is 1. The van der Waals surface area contributed by atoms with Crippen LogP contribution in [0.15, 0.2) is 54.7 Å². The minimum atomic E-state index is -1.39. The number of nitrogens with one attached hydrogen (secondary N) is 4. The van der Waals surface area contributed by atoms with E-state index in [0.29, 0.717) is 5.56 Å². The number of rotatable bonds is 13. The molecular weight excluding hydrogens is 518 g/mol. The molecule has 12 heteroatoms. The predicted octanol–water partition coefficient (Wildman–Crippen LogP) is 0.173. The summed E-state index contributed by atoms with van der Waals surface area (Å²) in [4.78, 5) is 53.6. The average molecular weight is 554 g/mol. The molecule has 3 rings (SSSR count). The highest BCUT2D eigenvalue weighted by atomic mass is 16.4. The standard InChI is InChI=1S/C28H35N5O7/c1-15(2)24(27(38)31-22(28(39)40)11-16-7-9-18(35)10-8-16)33-26(37)23(14-34)32-25(36)20(29)12-17-13-30-21-6-4-3-5-19(17)21/h3-10,13,15,20,22-24,30,34-35H,11-12,14,29H2,1-2H3,(H,31,38)(H,32,36)(H,33,37)(H,39,40). The molecule has 0 saturated heterocycles. The highest BCUT2D eigenvalue weighted by molar-refractivity contribution is 5.94. The number of aliphatic carboxylic acids is 1. The predicted molar refractivity (Wildman–Crippen MR) is 147 cm³/mol. The van der Waals surface area contributed by atoms with Crippen molar-refractivity contribution < 1.29 is 34.5 Å². The lowest BCUT2D eigenvalue weighted by atomic mass is 10.0. The zero-order chi connectivity index (χ0) is 29.4. The minimum absolute atomic E-state index is 0.0201. The van der Waals surface area contributed by atoms with Gasteiger partial charge < -0.3 is 42.0 Å². The summed E-state index contributed by atoms with van der Waals surface area (Å²) >= 11 is 0. The number of amides is 3. The third-order valence-corrected chi connectivity index (χ3v) is 6.50. The van der Waals surface area contributed by atoms with Gasteiger partial charge in [-0.15, -0.1) is 0 Å². The number of para-hydroxylation sites is 1. The van der Waals surface area contributed by atoms with Crippen LogP contribution in [0.2, 0.25) is 0 Å². The fourth-order valence-electron chi connectivity index (χ4n) is 4.22. The topological polar surface area (TPSA) is 207 Å². The number of aromatic hydroxyl groups is 1. The van der Waals surface area contributed by atoms with E-state index in [1.54, 1.807) is 20.0 Å². The van der Waals surface area contributed by atoms with E-state index in [1.165, 1.54) is 24.3 Å². The van der Waals surface area contributed by atoms with Crippen LogP contribution in [-0.2, 0) is 32.0 Å². The van der Waals surface area contributed by atoms with Crippen LogP contribution in [0, 0.1) is 5.92 Å². The Hall–Kier alpha value is -4.42. The van der Waals surface area contributed by atoms with Gasteiger partial charge in [-0.25, -0.2) is 4.79 Å². The van der Waals surface area contributed by atoms with Gasteiger partial charge in [-0.05, 0) is 41.7 Å². The molecular formula is C28H35N5O7. The summed E-state index contributed by atoms with van der Waals surface area (Å²) in [5, 5.41) is 37.1. The first-order valence-electron chi connectivity index (χ1n) is 12.8. The highest BCUT2D eigenvalue weighted by Crippen LogP contribution is 2.19. The van der Waals surface area contributed by atoms with Crippen LogP contribution in [0.4, 0.5) is 0 Å². The van der Waals surface area contributed by atoms with Crippen LogP contribution in [0.1, 0.15) is 25.0 Å². The number of aliphatic hydroxyl groups excluding tert-OH is 1. The molecule has 3 aromatic rings. The van der Waals surface area contributed by atoms with Gasteiger partial charge in [0.15, 0.2) is 0 Å². The number of carbonyl (C=O) groups excluding carboxylic acids is 3. The summed E-state index contributed by atoms with van der Waals surface area (Å²) in [5.41, 5.74) is 8.37. The Balaban J connectivity index is 1.62. The van der Waals surface area contributed by atoms with E-state index in [0.717, 1.165) is 16.5 Å². The molecule has 0 saturated carbocycles. The number of phenols is 1. The number of carboxylic acids is 1. The molecule has 0 aliphatic heterocycles. The number of carbonyl (C=O) groups is 4. The lowest BCUT2D eigenvalue weighted by molar-refractivity contribution is -0.142. The van der Waals surface area contributed by atoms with Crippen molar-refractivity contribution in [1.29, 1.82) is 0 Å². The number of hydrogen-bond donors (Lipinski definition) is 8. The fourth-order valence-corrected chi connectivity index (χ4v) is 4.22. The molecule has 0 aliphatic carbocycles. The minimum Gasteiger partial charge on any atom is -0.508 e. The monoisotopic (exact) mass is 553 g/mol. The molecule has 4 unspecified atom stereocenters. The fraction of sp³-hybridized carbons (Fsp3) is 0.357. The summed E-state index contributed by atoms with van der Waals surface area (Å²) in [5.74, 6) is -3.94. The second-order valence-corrected chi connectivity index (χ2v) is 9.91. The number of hydrogen-bond acceptors (Lipinski definition) is 7. The molecule has 1 aromatic heterocycles. The molecule has 12 nitrogen and oxygen atoms in total. The van der Waals surface area contributed by atoms with Crippen molar-refractivity contribution in [2.45, 2.75) is 50.9 Å². The Morgan fingerprint density at radius 3 is 2.15 bits per heavy atom. The summed E-state index contributed by atoms with van der Waals surface area (Å²) in [6.07, 6.45) is 1.89. The van der Waals surface area contributed by atoms with Crippen LogP contribution in [0.25, 0.3) is 10.9 Å². The summed E-state index contributed by atoms with van der Waals surface area (Å²) in [6.45, 7) is 2.57. The van der Waals surface area contributed by atoms with E-state index in [9.17, 15) is 34.5 Å². The second kappa shape index (κ2) is 13.6. The first kappa shape index (κ1) is 30.1. The molecule has 2 aromatic carbocycles. The maximum Gasteiger partial charge on any atom is 0.326 e. The van der Waals surface area contributed by atoms with Gasteiger partial charge in [-0.1, -0.05) is 44.2 Å². The molecule has 40 heavy (non-hydrogen) atoms. The number of H-pyrrole nitrogens is 1. The first-order chi connectivity index (χ1) is 19.0. The first-order valence-corrected chi connectivity index (χ1v) is 12.8. The third-order valence-electron chi connectivity index (χ3n) is 6.50. The van der Waals surface area contributed by atoms with Gasteiger partial charge in [0.25, 0.3) is 0 Å². The lowest BCUT2D eigenvalue weighted by Crippen LogP contribution is -2.59. The molecule has 214 valence electrons. The van der Waals surface area contributed by atoms with Gasteiger partial charge in [0.2, 0.25) is 17.7 Å². The largest absolute Gasteiger partial charge is 0.508 e. The van der Waals surface area contributed by atoms with Gasteiger partial charge >= 0.3 is 5.97 Å². The van der Waals surface area contributed by atoms with Gasteiger partial charge in [-0.3, -0.25) is 14.4 Å². The number of fused-ring (bicyclic) bond motifs is 1. The number of nitrogens with two attached hydrogens (primary N) is 1. The van der Waals surface area contributed by atoms with Gasteiger partial charge in [0.1, 0.15) is 23.9 Å². The number of aliphatic hydroxyl groups is 1. The van der Waals surface area contributed by atoms with Crippen LogP contribution >= 0.6 is 0 Å². The Kier molecular flexibility index (Phi) is 10.2. The van der Waals surface area contributed by atoms with Crippen molar-refractivity contribution in [2.24, 2.45) is 11.7 Å². The maximum atomic E-state index is 13.0. The SMILES string of the molecule is CC(C)C(NC(=O)C(CO)NC(=O)C(N)Cc1c[nH]c2ccccc12)C(=O)NC(Cc1ccc(O)cc1)C(=O)O. The van der Waals surface area contributed by atoms with Crippen molar-refractivity contribution in [3.8, 4) is 5.75 Å². The number of aromatic amines is 1. The van der Waals surface area contributed by atoms with Crippen molar-refractivity contribution in [3.63, 3.8) is 0 Å². The highest BCUT2D eigenvalue weighted by Gasteiger charge is 2.32. The third kappa shape index (κ3) is 7.80. The molecule has 3 amide bonds. The molecule has 4 atom stereocenters. The smallest absolute Gasteiger partial charge is 0.326 e. The zero-order valence-corrected chi connectivity index (χ0v) is 22.3. The molecule has 1 heterocycles. The van der Waals surface area contributed by atoms with E-state index in [1.807, 2.05) is 24.3 Å². The van der Waals surface area contributed by atoms with E-state index < -0.39 is 60.4 Å². The molecule has 0 spiro atoms. The van der Waals surface area contributed by atoms with Crippen molar-refractivity contribution in [2.75, 3.05) is 6.61 Å².